The number of amides is 1. The largest absolute Gasteiger partial charge is 0.493 e. The number of benzene rings is 1. The van der Waals surface area contributed by atoms with E-state index >= 15 is 0 Å². The maximum absolute atomic E-state index is 12.7. The van der Waals surface area contributed by atoms with Gasteiger partial charge in [-0.25, -0.2) is 9.97 Å². The minimum absolute atomic E-state index is 0.282. The molecule has 1 saturated heterocycles. The van der Waals surface area contributed by atoms with Gasteiger partial charge in [-0.3, -0.25) is 4.79 Å². The van der Waals surface area contributed by atoms with Gasteiger partial charge >= 0.3 is 0 Å². The molecule has 1 amide bonds. The minimum Gasteiger partial charge on any atom is -0.493 e. The van der Waals surface area contributed by atoms with Crippen molar-refractivity contribution in [2.45, 2.75) is 38.6 Å². The van der Waals surface area contributed by atoms with Crippen molar-refractivity contribution in [3.05, 3.63) is 36.3 Å². The van der Waals surface area contributed by atoms with Gasteiger partial charge in [0.05, 0.1) is 14.2 Å². The maximum atomic E-state index is 12.7. The SMILES string of the molecule is CCC1CCCCN1c1cc(C(=O)Nc2ccc(OC)c(OC)c2)ncn1. The van der Waals surface area contributed by atoms with Gasteiger partial charge in [0.1, 0.15) is 17.8 Å². The number of carbonyl (C=O) groups is 1. The first-order chi connectivity index (χ1) is 13.2. The van der Waals surface area contributed by atoms with Crippen LogP contribution < -0.4 is 19.7 Å². The number of ether oxygens (including phenoxy) is 2. The van der Waals surface area contributed by atoms with Gasteiger partial charge in [-0.2, -0.15) is 0 Å². The molecule has 27 heavy (non-hydrogen) atoms. The van der Waals surface area contributed by atoms with Crippen LogP contribution in [-0.4, -0.2) is 42.7 Å². The lowest BCUT2D eigenvalue weighted by Gasteiger charge is -2.36. The van der Waals surface area contributed by atoms with Crippen molar-refractivity contribution < 1.29 is 14.3 Å². The Morgan fingerprint density at radius 1 is 1.19 bits per heavy atom. The molecule has 7 nitrogen and oxygen atoms in total. The lowest BCUT2D eigenvalue weighted by atomic mass is 10.00. The fourth-order valence-electron chi connectivity index (χ4n) is 3.46. The van der Waals surface area contributed by atoms with E-state index in [2.05, 4.69) is 27.1 Å². The van der Waals surface area contributed by atoms with E-state index in [4.69, 9.17) is 9.47 Å². The third kappa shape index (κ3) is 4.30. The molecule has 3 rings (SSSR count). The van der Waals surface area contributed by atoms with Gasteiger partial charge in [-0.1, -0.05) is 6.92 Å². The Bertz CT molecular complexity index is 797. The Labute approximate surface area is 159 Å². The lowest BCUT2D eigenvalue weighted by Crippen LogP contribution is -2.39. The van der Waals surface area contributed by atoms with E-state index in [1.54, 1.807) is 38.5 Å². The van der Waals surface area contributed by atoms with Crippen LogP contribution >= 0.6 is 0 Å². The van der Waals surface area contributed by atoms with Crippen molar-refractivity contribution in [2.75, 3.05) is 31.0 Å². The second-order valence-corrected chi connectivity index (χ2v) is 6.54. The van der Waals surface area contributed by atoms with Crippen LogP contribution in [0.15, 0.2) is 30.6 Å². The summed E-state index contributed by atoms with van der Waals surface area (Å²) in [4.78, 5) is 23.5. The number of hydrogen-bond donors (Lipinski definition) is 1. The van der Waals surface area contributed by atoms with E-state index in [0.29, 0.717) is 28.9 Å². The zero-order valence-corrected chi connectivity index (χ0v) is 16.1. The van der Waals surface area contributed by atoms with Crippen molar-refractivity contribution >= 4 is 17.4 Å². The highest BCUT2D eigenvalue weighted by atomic mass is 16.5. The summed E-state index contributed by atoms with van der Waals surface area (Å²) >= 11 is 0. The van der Waals surface area contributed by atoms with Crippen molar-refractivity contribution in [1.82, 2.24) is 9.97 Å². The molecule has 0 spiro atoms. The van der Waals surface area contributed by atoms with Crippen molar-refractivity contribution in [3.8, 4) is 11.5 Å². The van der Waals surface area contributed by atoms with Gasteiger partial charge in [0.25, 0.3) is 5.91 Å². The molecule has 1 fully saturated rings. The van der Waals surface area contributed by atoms with E-state index < -0.39 is 0 Å². The Kier molecular flexibility index (Phi) is 6.11. The first kappa shape index (κ1) is 18.9. The van der Waals surface area contributed by atoms with Crippen LogP contribution in [0.25, 0.3) is 0 Å². The summed E-state index contributed by atoms with van der Waals surface area (Å²) in [5.41, 5.74) is 0.956. The number of piperidine rings is 1. The van der Waals surface area contributed by atoms with Gasteiger partial charge in [-0.05, 0) is 37.8 Å². The van der Waals surface area contributed by atoms with E-state index in [1.807, 2.05) is 0 Å². The number of aromatic nitrogens is 2. The van der Waals surface area contributed by atoms with Gasteiger partial charge in [-0.15, -0.1) is 0 Å². The normalized spacial score (nSPS) is 16.7. The summed E-state index contributed by atoms with van der Waals surface area (Å²) in [5.74, 6) is 1.69. The van der Waals surface area contributed by atoms with Crippen LogP contribution in [0.2, 0.25) is 0 Å². The number of anilines is 2. The molecule has 0 aliphatic carbocycles. The quantitative estimate of drug-likeness (QED) is 0.838. The summed E-state index contributed by atoms with van der Waals surface area (Å²) in [6.07, 6.45) is 6.07. The monoisotopic (exact) mass is 370 g/mol. The predicted octanol–water partition coefficient (Wildman–Crippen LogP) is 3.52. The van der Waals surface area contributed by atoms with Crippen LogP contribution in [0.4, 0.5) is 11.5 Å². The molecule has 1 unspecified atom stereocenters. The van der Waals surface area contributed by atoms with Crippen molar-refractivity contribution in [2.24, 2.45) is 0 Å². The molecule has 7 heteroatoms. The second kappa shape index (κ2) is 8.70. The molecule has 0 bridgehead atoms. The Balaban J connectivity index is 1.77. The average Bonchev–Trinajstić information content (AvgIpc) is 2.73. The second-order valence-electron chi connectivity index (χ2n) is 6.54. The van der Waals surface area contributed by atoms with E-state index in [-0.39, 0.29) is 5.91 Å². The number of nitrogens with zero attached hydrogens (tertiary/aromatic N) is 3. The molecule has 2 aromatic rings. The van der Waals surface area contributed by atoms with Crippen molar-refractivity contribution in [1.29, 1.82) is 0 Å². The summed E-state index contributed by atoms with van der Waals surface area (Å²) in [6, 6.07) is 7.47. The summed E-state index contributed by atoms with van der Waals surface area (Å²) in [5, 5.41) is 2.86. The fraction of sp³-hybridized carbons (Fsp3) is 0.450. The van der Waals surface area contributed by atoms with Crippen molar-refractivity contribution in [3.63, 3.8) is 0 Å². The van der Waals surface area contributed by atoms with E-state index in [1.165, 1.54) is 12.7 Å². The molecule has 1 atom stereocenters. The first-order valence-corrected chi connectivity index (χ1v) is 9.28. The highest BCUT2D eigenvalue weighted by Gasteiger charge is 2.23. The van der Waals surface area contributed by atoms with Gasteiger partial charge < -0.3 is 19.7 Å². The molecule has 1 aliphatic rings. The van der Waals surface area contributed by atoms with Gasteiger partial charge in [0.2, 0.25) is 0 Å². The van der Waals surface area contributed by atoms with E-state index in [9.17, 15) is 4.79 Å². The topological polar surface area (TPSA) is 76.6 Å². The number of rotatable bonds is 6. The van der Waals surface area contributed by atoms with Crippen LogP contribution in [0.1, 0.15) is 43.1 Å². The molecule has 144 valence electrons. The van der Waals surface area contributed by atoms with Crippen LogP contribution in [0.3, 0.4) is 0 Å². The van der Waals surface area contributed by atoms with E-state index in [0.717, 1.165) is 31.6 Å². The van der Waals surface area contributed by atoms with Crippen LogP contribution in [-0.2, 0) is 0 Å². The molecule has 1 N–H and O–H groups in total. The highest BCUT2D eigenvalue weighted by molar-refractivity contribution is 6.03. The Hall–Kier alpha value is -2.83. The Morgan fingerprint density at radius 2 is 2.00 bits per heavy atom. The molecule has 1 aromatic carbocycles. The molecule has 1 aliphatic heterocycles. The number of hydrogen-bond acceptors (Lipinski definition) is 6. The summed E-state index contributed by atoms with van der Waals surface area (Å²) in [6.45, 7) is 3.15. The molecular weight excluding hydrogens is 344 g/mol. The molecule has 2 heterocycles. The molecule has 1 aromatic heterocycles. The lowest BCUT2D eigenvalue weighted by molar-refractivity contribution is 0.102. The average molecular weight is 370 g/mol. The standard InChI is InChI=1S/C20H26N4O3/c1-4-15-7-5-6-10-24(15)19-12-16(21-13-22-19)20(25)23-14-8-9-17(26-2)18(11-14)27-3/h8-9,11-13,15H,4-7,10H2,1-3H3,(H,23,25). The number of nitrogens with one attached hydrogen (secondary N) is 1. The third-order valence-corrected chi connectivity index (χ3v) is 4.92. The zero-order valence-electron chi connectivity index (χ0n) is 16.1. The van der Waals surface area contributed by atoms with Gasteiger partial charge in [0.15, 0.2) is 11.5 Å². The molecular formula is C20H26N4O3. The van der Waals surface area contributed by atoms with Crippen LogP contribution in [0, 0.1) is 0 Å². The minimum atomic E-state index is -0.282. The zero-order chi connectivity index (χ0) is 19.2. The predicted molar refractivity (Wildman–Crippen MR) is 105 cm³/mol. The highest BCUT2D eigenvalue weighted by Crippen LogP contribution is 2.30. The molecule has 0 saturated carbocycles. The third-order valence-electron chi connectivity index (χ3n) is 4.92. The number of methoxy groups -OCH3 is 2. The smallest absolute Gasteiger partial charge is 0.274 e. The fourth-order valence-corrected chi connectivity index (χ4v) is 3.46. The maximum Gasteiger partial charge on any atom is 0.274 e. The summed E-state index contributed by atoms with van der Waals surface area (Å²) in [7, 11) is 3.13. The Morgan fingerprint density at radius 3 is 2.74 bits per heavy atom. The van der Waals surface area contributed by atoms with Gasteiger partial charge in [0, 0.05) is 30.4 Å². The molecule has 0 radical (unpaired) electrons. The summed E-state index contributed by atoms with van der Waals surface area (Å²) < 4.78 is 10.5. The number of carbonyl (C=O) groups excluding carboxylic acids is 1. The first-order valence-electron chi connectivity index (χ1n) is 9.28. The van der Waals surface area contributed by atoms with Crippen LogP contribution in [0.5, 0.6) is 11.5 Å².